The van der Waals surface area contributed by atoms with E-state index in [-0.39, 0.29) is 0 Å². The van der Waals surface area contributed by atoms with Crippen LogP contribution in [-0.2, 0) is 0 Å². The lowest BCUT2D eigenvalue weighted by atomic mass is 10.2. The number of methoxy groups -OCH3 is 1. The van der Waals surface area contributed by atoms with E-state index in [1.54, 1.807) is 13.2 Å². The van der Waals surface area contributed by atoms with Gasteiger partial charge in [-0.3, -0.25) is 0 Å². The third-order valence-corrected chi connectivity index (χ3v) is 3.58. The van der Waals surface area contributed by atoms with Crippen LogP contribution in [0.4, 0.5) is 11.4 Å². The minimum absolute atomic E-state index is 0.631. The van der Waals surface area contributed by atoms with Gasteiger partial charge in [0.1, 0.15) is 11.8 Å². The average molecular weight is 317 g/mol. The molecule has 0 aliphatic carbocycles. The summed E-state index contributed by atoms with van der Waals surface area (Å²) in [5.74, 6) is 0.832. The van der Waals surface area contributed by atoms with Crippen molar-refractivity contribution in [3.8, 4) is 11.8 Å². The van der Waals surface area contributed by atoms with Crippen LogP contribution in [0.3, 0.4) is 0 Å². The molecule has 0 amide bonds. The van der Waals surface area contributed by atoms with Crippen LogP contribution in [-0.4, -0.2) is 14.2 Å². The highest BCUT2D eigenvalue weighted by molar-refractivity contribution is 9.10. The lowest BCUT2D eigenvalue weighted by Crippen LogP contribution is -2.09. The van der Waals surface area contributed by atoms with E-state index in [1.165, 1.54) is 0 Å². The van der Waals surface area contributed by atoms with Crippen LogP contribution in [0.5, 0.6) is 5.75 Å². The van der Waals surface area contributed by atoms with Gasteiger partial charge in [-0.2, -0.15) is 5.26 Å². The maximum absolute atomic E-state index is 8.92. The Kier molecular flexibility index (Phi) is 4.08. The minimum atomic E-state index is 0.631. The van der Waals surface area contributed by atoms with Crippen molar-refractivity contribution in [2.45, 2.75) is 0 Å². The Morgan fingerprint density at radius 1 is 1.11 bits per heavy atom. The molecule has 0 bridgehead atoms. The number of ether oxygens (including phenoxy) is 1. The van der Waals surface area contributed by atoms with Gasteiger partial charge in [-0.05, 0) is 58.4 Å². The quantitative estimate of drug-likeness (QED) is 0.855. The third-order valence-electron chi connectivity index (χ3n) is 2.92. The predicted octanol–water partition coefficient (Wildman–Crippen LogP) is 4.10. The van der Waals surface area contributed by atoms with Gasteiger partial charge in [0.2, 0.25) is 0 Å². The topological polar surface area (TPSA) is 36.3 Å². The highest BCUT2D eigenvalue weighted by atomic mass is 79.9. The fourth-order valence-corrected chi connectivity index (χ4v) is 2.21. The molecule has 0 saturated heterocycles. The molecule has 0 spiro atoms. The van der Waals surface area contributed by atoms with E-state index in [9.17, 15) is 0 Å². The number of hydrogen-bond donors (Lipinski definition) is 0. The molecule has 0 aromatic heterocycles. The molecule has 0 unspecified atom stereocenters. The van der Waals surface area contributed by atoms with Crippen LogP contribution in [0.15, 0.2) is 46.9 Å². The Hall–Kier alpha value is -1.99. The summed E-state index contributed by atoms with van der Waals surface area (Å²) in [6, 6.07) is 15.6. The molecule has 0 aliphatic rings. The number of anilines is 2. The molecule has 96 valence electrons. The first kappa shape index (κ1) is 13.4. The summed E-state index contributed by atoms with van der Waals surface area (Å²) in [6.45, 7) is 0. The Morgan fingerprint density at radius 2 is 1.74 bits per heavy atom. The summed E-state index contributed by atoms with van der Waals surface area (Å²) in [5, 5.41) is 8.92. The maximum Gasteiger partial charge on any atom is 0.119 e. The van der Waals surface area contributed by atoms with Crippen molar-refractivity contribution >= 4 is 27.3 Å². The first-order valence-corrected chi connectivity index (χ1v) is 6.52. The summed E-state index contributed by atoms with van der Waals surface area (Å²) in [6.07, 6.45) is 0. The van der Waals surface area contributed by atoms with Gasteiger partial charge in [-0.25, -0.2) is 0 Å². The number of nitrogens with zero attached hydrogens (tertiary/aromatic N) is 2. The highest BCUT2D eigenvalue weighted by Crippen LogP contribution is 2.29. The number of halogens is 1. The van der Waals surface area contributed by atoms with E-state index in [4.69, 9.17) is 10.00 Å². The van der Waals surface area contributed by atoms with Gasteiger partial charge < -0.3 is 9.64 Å². The van der Waals surface area contributed by atoms with Crippen LogP contribution >= 0.6 is 15.9 Å². The van der Waals surface area contributed by atoms with Crippen LogP contribution in [0, 0.1) is 11.3 Å². The fraction of sp³-hybridized carbons (Fsp3) is 0.133. The van der Waals surface area contributed by atoms with Crippen molar-refractivity contribution in [3.05, 3.63) is 52.5 Å². The van der Waals surface area contributed by atoms with Crippen molar-refractivity contribution in [1.29, 1.82) is 5.26 Å². The molecule has 0 radical (unpaired) electrons. The van der Waals surface area contributed by atoms with Crippen LogP contribution < -0.4 is 9.64 Å². The first-order valence-electron chi connectivity index (χ1n) is 5.73. The van der Waals surface area contributed by atoms with E-state index in [0.717, 1.165) is 21.6 Å². The van der Waals surface area contributed by atoms with Crippen LogP contribution in [0.25, 0.3) is 0 Å². The minimum Gasteiger partial charge on any atom is -0.497 e. The third kappa shape index (κ3) is 2.88. The molecule has 3 nitrogen and oxygen atoms in total. The number of hydrogen-bond acceptors (Lipinski definition) is 3. The van der Waals surface area contributed by atoms with Crippen molar-refractivity contribution in [1.82, 2.24) is 0 Å². The number of benzene rings is 2. The van der Waals surface area contributed by atoms with E-state index in [1.807, 2.05) is 48.3 Å². The second-order valence-corrected chi connectivity index (χ2v) is 4.89. The van der Waals surface area contributed by atoms with E-state index in [2.05, 4.69) is 22.0 Å². The Bertz CT molecular complexity index is 617. The van der Waals surface area contributed by atoms with Gasteiger partial charge in [0.25, 0.3) is 0 Å². The van der Waals surface area contributed by atoms with Crippen LogP contribution in [0.2, 0.25) is 0 Å². The lowest BCUT2D eigenvalue weighted by molar-refractivity contribution is 0.415. The summed E-state index contributed by atoms with van der Waals surface area (Å²) in [7, 11) is 3.63. The first-order chi connectivity index (χ1) is 9.15. The molecule has 0 heterocycles. The summed E-state index contributed by atoms with van der Waals surface area (Å²) < 4.78 is 5.94. The van der Waals surface area contributed by atoms with Gasteiger partial charge in [-0.1, -0.05) is 0 Å². The number of rotatable bonds is 3. The van der Waals surface area contributed by atoms with Crippen molar-refractivity contribution in [2.75, 3.05) is 19.1 Å². The largest absolute Gasteiger partial charge is 0.497 e. The standard InChI is InChI=1S/C15H13BrN2O/c1-18(12-5-7-14(19-2)8-6-12)13-4-3-11(10-17)15(16)9-13/h3-9H,1-2H3. The van der Waals surface area contributed by atoms with Crippen LogP contribution in [0.1, 0.15) is 5.56 Å². The van der Waals surface area contributed by atoms with E-state index >= 15 is 0 Å². The monoisotopic (exact) mass is 316 g/mol. The molecule has 2 rings (SSSR count). The van der Waals surface area contributed by atoms with Crippen molar-refractivity contribution in [2.24, 2.45) is 0 Å². The molecule has 0 saturated carbocycles. The summed E-state index contributed by atoms with van der Waals surface area (Å²) >= 11 is 3.40. The number of nitriles is 1. The van der Waals surface area contributed by atoms with E-state index < -0.39 is 0 Å². The molecule has 4 heteroatoms. The normalized spacial score (nSPS) is 9.79. The Labute approximate surface area is 121 Å². The smallest absolute Gasteiger partial charge is 0.119 e. The zero-order valence-electron chi connectivity index (χ0n) is 10.7. The molecule has 0 N–H and O–H groups in total. The zero-order chi connectivity index (χ0) is 13.8. The lowest BCUT2D eigenvalue weighted by Gasteiger charge is -2.20. The second kappa shape index (κ2) is 5.77. The Balaban J connectivity index is 2.30. The molecular formula is C15H13BrN2O. The van der Waals surface area contributed by atoms with Crippen molar-refractivity contribution < 1.29 is 4.74 Å². The molecular weight excluding hydrogens is 304 g/mol. The summed E-state index contributed by atoms with van der Waals surface area (Å²) in [5.41, 5.74) is 2.69. The molecule has 2 aromatic rings. The zero-order valence-corrected chi connectivity index (χ0v) is 12.3. The molecule has 0 atom stereocenters. The maximum atomic E-state index is 8.92. The fourth-order valence-electron chi connectivity index (χ4n) is 1.76. The summed E-state index contributed by atoms with van der Waals surface area (Å²) in [4.78, 5) is 2.05. The molecule has 19 heavy (non-hydrogen) atoms. The van der Waals surface area contributed by atoms with Gasteiger partial charge >= 0.3 is 0 Å². The SMILES string of the molecule is COc1ccc(N(C)c2ccc(C#N)c(Br)c2)cc1. The molecule has 0 aliphatic heterocycles. The van der Waals surface area contributed by atoms with Gasteiger partial charge in [-0.15, -0.1) is 0 Å². The second-order valence-electron chi connectivity index (χ2n) is 4.03. The van der Waals surface area contributed by atoms with E-state index in [0.29, 0.717) is 5.56 Å². The highest BCUT2D eigenvalue weighted by Gasteiger charge is 2.07. The molecule has 2 aromatic carbocycles. The van der Waals surface area contributed by atoms with Gasteiger partial charge in [0, 0.05) is 22.9 Å². The average Bonchev–Trinajstić information content (AvgIpc) is 2.46. The van der Waals surface area contributed by atoms with Gasteiger partial charge in [0.15, 0.2) is 0 Å². The van der Waals surface area contributed by atoms with Crippen molar-refractivity contribution in [3.63, 3.8) is 0 Å². The Morgan fingerprint density at radius 3 is 2.26 bits per heavy atom. The van der Waals surface area contributed by atoms with Gasteiger partial charge in [0.05, 0.1) is 12.7 Å². The predicted molar refractivity (Wildman–Crippen MR) is 79.9 cm³/mol. The molecule has 0 fully saturated rings.